The van der Waals surface area contributed by atoms with Gasteiger partial charge in [0.1, 0.15) is 0 Å². The summed E-state index contributed by atoms with van der Waals surface area (Å²) in [5, 5.41) is 4.09. The Morgan fingerprint density at radius 3 is 2.70 bits per heavy atom. The van der Waals surface area contributed by atoms with Crippen LogP contribution < -0.4 is 5.73 Å². The molecule has 20 heavy (non-hydrogen) atoms. The minimum absolute atomic E-state index is 0.389. The minimum atomic E-state index is -0.389. The van der Waals surface area contributed by atoms with Gasteiger partial charge < -0.3 is 10.3 Å². The van der Waals surface area contributed by atoms with E-state index in [9.17, 15) is 0 Å². The Balaban J connectivity index is 1.91. The summed E-state index contributed by atoms with van der Waals surface area (Å²) >= 11 is 1.85. The van der Waals surface area contributed by atoms with Crippen molar-refractivity contribution in [2.45, 2.75) is 64.2 Å². The summed E-state index contributed by atoms with van der Waals surface area (Å²) in [6.45, 7) is 6.69. The lowest BCUT2D eigenvalue weighted by atomic mass is 9.76. The zero-order valence-electron chi connectivity index (χ0n) is 12.9. The van der Waals surface area contributed by atoms with E-state index < -0.39 is 0 Å². The maximum atomic E-state index is 6.48. The van der Waals surface area contributed by atoms with Crippen molar-refractivity contribution in [1.82, 2.24) is 10.1 Å². The smallest absolute Gasteiger partial charge is 0.246 e. The molecule has 0 atom stereocenters. The number of hydrogen-bond acceptors (Lipinski definition) is 5. The summed E-state index contributed by atoms with van der Waals surface area (Å²) < 4.78 is 5.43. The number of nitrogens with two attached hydrogens (primary N) is 1. The van der Waals surface area contributed by atoms with Crippen LogP contribution in [-0.4, -0.2) is 15.9 Å². The van der Waals surface area contributed by atoms with Crippen LogP contribution in [0.15, 0.2) is 4.52 Å². The maximum Gasteiger partial charge on any atom is 0.246 e. The van der Waals surface area contributed by atoms with Crippen LogP contribution in [0, 0.1) is 11.8 Å². The van der Waals surface area contributed by atoms with Crippen LogP contribution in [0.3, 0.4) is 0 Å². The molecule has 114 valence electrons. The van der Waals surface area contributed by atoms with Gasteiger partial charge >= 0.3 is 0 Å². The van der Waals surface area contributed by atoms with Crippen LogP contribution >= 0.6 is 11.8 Å². The molecule has 0 bridgehead atoms. The topological polar surface area (TPSA) is 64.9 Å². The van der Waals surface area contributed by atoms with Gasteiger partial charge in [0.25, 0.3) is 0 Å². The van der Waals surface area contributed by atoms with E-state index in [4.69, 9.17) is 10.3 Å². The van der Waals surface area contributed by atoms with Gasteiger partial charge in [0.05, 0.1) is 11.3 Å². The standard InChI is InChI=1S/C15H27N3OS/c1-4-12-5-7-15(16,8-6-12)14-17-13(18-19-14)10-20-9-11(2)3/h11-12H,4-10,16H2,1-3H3. The van der Waals surface area contributed by atoms with E-state index in [0.29, 0.717) is 11.8 Å². The predicted octanol–water partition coefficient (Wildman–Crippen LogP) is 3.71. The van der Waals surface area contributed by atoms with E-state index in [1.54, 1.807) is 0 Å². The molecule has 1 saturated carbocycles. The SMILES string of the molecule is CCC1CCC(N)(c2nc(CSCC(C)C)no2)CC1. The molecule has 1 heterocycles. The second-order valence-electron chi connectivity index (χ2n) is 6.43. The van der Waals surface area contributed by atoms with Crippen LogP contribution in [0.2, 0.25) is 0 Å². The molecule has 0 aromatic carbocycles. The molecule has 0 spiro atoms. The average Bonchev–Trinajstić information content (AvgIpc) is 2.89. The lowest BCUT2D eigenvalue weighted by molar-refractivity contribution is 0.181. The van der Waals surface area contributed by atoms with E-state index >= 15 is 0 Å². The summed E-state index contributed by atoms with van der Waals surface area (Å²) in [5.74, 6) is 4.87. The van der Waals surface area contributed by atoms with E-state index in [0.717, 1.165) is 36.1 Å². The fourth-order valence-corrected chi connectivity index (χ4v) is 3.60. The fraction of sp³-hybridized carbons (Fsp3) is 0.867. The molecule has 0 amide bonds. The van der Waals surface area contributed by atoms with E-state index in [1.807, 2.05) is 11.8 Å². The van der Waals surface area contributed by atoms with Gasteiger partial charge in [-0.15, -0.1) is 0 Å². The molecule has 1 aliphatic rings. The summed E-state index contributed by atoms with van der Waals surface area (Å²) in [4.78, 5) is 4.53. The van der Waals surface area contributed by atoms with Crippen molar-refractivity contribution in [3.63, 3.8) is 0 Å². The van der Waals surface area contributed by atoms with Gasteiger partial charge in [-0.3, -0.25) is 0 Å². The van der Waals surface area contributed by atoms with Crippen molar-refractivity contribution < 1.29 is 4.52 Å². The zero-order valence-corrected chi connectivity index (χ0v) is 13.7. The number of aromatic nitrogens is 2. The predicted molar refractivity (Wildman–Crippen MR) is 83.4 cm³/mol. The quantitative estimate of drug-likeness (QED) is 0.867. The third kappa shape index (κ3) is 3.98. The normalized spacial score (nSPS) is 27.1. The summed E-state index contributed by atoms with van der Waals surface area (Å²) in [7, 11) is 0. The maximum absolute atomic E-state index is 6.48. The van der Waals surface area contributed by atoms with Gasteiger partial charge in [0.15, 0.2) is 5.82 Å². The molecule has 1 aromatic rings. The highest BCUT2D eigenvalue weighted by Gasteiger charge is 2.37. The molecule has 1 aromatic heterocycles. The van der Waals surface area contributed by atoms with Gasteiger partial charge in [-0.2, -0.15) is 16.7 Å². The first-order valence-electron chi connectivity index (χ1n) is 7.73. The molecule has 4 nitrogen and oxygen atoms in total. The van der Waals surface area contributed by atoms with Gasteiger partial charge in [0, 0.05) is 0 Å². The Bertz CT molecular complexity index is 411. The van der Waals surface area contributed by atoms with E-state index in [1.165, 1.54) is 19.3 Å². The van der Waals surface area contributed by atoms with Crippen molar-refractivity contribution in [3.05, 3.63) is 11.7 Å². The number of nitrogens with zero attached hydrogens (tertiary/aromatic N) is 2. The largest absolute Gasteiger partial charge is 0.337 e. The molecule has 5 heteroatoms. The Kier molecular flexibility index (Phi) is 5.49. The second-order valence-corrected chi connectivity index (χ2v) is 7.46. The Morgan fingerprint density at radius 2 is 2.10 bits per heavy atom. The lowest BCUT2D eigenvalue weighted by Crippen LogP contribution is -2.40. The third-order valence-electron chi connectivity index (χ3n) is 4.15. The zero-order chi connectivity index (χ0) is 14.6. The molecular formula is C15H27N3OS. The molecule has 2 N–H and O–H groups in total. The number of rotatable bonds is 6. The molecule has 2 rings (SSSR count). The van der Waals surface area contributed by atoms with Gasteiger partial charge in [-0.1, -0.05) is 32.3 Å². The number of thioether (sulfide) groups is 1. The van der Waals surface area contributed by atoms with Gasteiger partial charge in [-0.05, 0) is 43.3 Å². The molecule has 0 aliphatic heterocycles. The molecule has 0 saturated heterocycles. The summed E-state index contributed by atoms with van der Waals surface area (Å²) in [5.41, 5.74) is 6.10. The van der Waals surface area contributed by atoms with Gasteiger partial charge in [0.2, 0.25) is 5.89 Å². The first-order chi connectivity index (χ1) is 9.53. The van der Waals surface area contributed by atoms with E-state index in [-0.39, 0.29) is 5.54 Å². The highest BCUT2D eigenvalue weighted by Crippen LogP contribution is 2.38. The fourth-order valence-electron chi connectivity index (χ4n) is 2.72. The Morgan fingerprint density at radius 1 is 1.40 bits per heavy atom. The lowest BCUT2D eigenvalue weighted by Gasteiger charge is -2.33. The first kappa shape index (κ1) is 15.8. The third-order valence-corrected chi connectivity index (χ3v) is 5.52. The van der Waals surface area contributed by atoms with Crippen LogP contribution in [-0.2, 0) is 11.3 Å². The number of hydrogen-bond donors (Lipinski definition) is 1. The molecular weight excluding hydrogens is 270 g/mol. The van der Waals surface area contributed by atoms with Crippen LogP contribution in [0.25, 0.3) is 0 Å². The van der Waals surface area contributed by atoms with Crippen LogP contribution in [0.5, 0.6) is 0 Å². The first-order valence-corrected chi connectivity index (χ1v) is 8.88. The highest BCUT2D eigenvalue weighted by atomic mass is 32.2. The molecule has 0 unspecified atom stereocenters. The second kappa shape index (κ2) is 6.94. The van der Waals surface area contributed by atoms with Crippen molar-refractivity contribution >= 4 is 11.8 Å². The van der Waals surface area contributed by atoms with Gasteiger partial charge in [-0.25, -0.2) is 0 Å². The van der Waals surface area contributed by atoms with Crippen LogP contribution in [0.4, 0.5) is 0 Å². The summed E-state index contributed by atoms with van der Waals surface area (Å²) in [6, 6.07) is 0. The minimum Gasteiger partial charge on any atom is -0.337 e. The van der Waals surface area contributed by atoms with Crippen molar-refractivity contribution in [2.75, 3.05) is 5.75 Å². The molecule has 1 aliphatic carbocycles. The van der Waals surface area contributed by atoms with Crippen LogP contribution in [0.1, 0.15) is 64.6 Å². The summed E-state index contributed by atoms with van der Waals surface area (Å²) in [6.07, 6.45) is 5.52. The highest BCUT2D eigenvalue weighted by molar-refractivity contribution is 7.98. The van der Waals surface area contributed by atoms with Crippen molar-refractivity contribution in [2.24, 2.45) is 17.6 Å². The monoisotopic (exact) mass is 297 g/mol. The average molecular weight is 297 g/mol. The Labute approximate surface area is 126 Å². The molecule has 1 fully saturated rings. The van der Waals surface area contributed by atoms with Crippen molar-refractivity contribution in [1.29, 1.82) is 0 Å². The Hall–Kier alpha value is -0.550. The van der Waals surface area contributed by atoms with E-state index in [2.05, 4.69) is 30.9 Å². The van der Waals surface area contributed by atoms with Crippen molar-refractivity contribution in [3.8, 4) is 0 Å². The molecule has 0 radical (unpaired) electrons.